The molecule has 0 aliphatic carbocycles. The predicted octanol–water partition coefficient (Wildman–Crippen LogP) is 1.32. The largest absolute Gasteiger partial charge is 0.310 e. The van der Waals surface area contributed by atoms with Gasteiger partial charge in [0.25, 0.3) is 0 Å². The van der Waals surface area contributed by atoms with Gasteiger partial charge in [0.15, 0.2) is 5.82 Å². The molecule has 92 valence electrons. The van der Waals surface area contributed by atoms with Crippen molar-refractivity contribution < 1.29 is 0 Å². The van der Waals surface area contributed by atoms with Crippen LogP contribution in [0.25, 0.3) is 0 Å². The molecule has 0 bridgehead atoms. The van der Waals surface area contributed by atoms with Gasteiger partial charge in [0.05, 0.1) is 6.54 Å². The standard InChI is InChI=1S/C10H21N5S/c1-3-11-9-10-12-13-14-15(10)7-5-4-6-8-16-2/h11H,3-9H2,1-2H3. The lowest BCUT2D eigenvalue weighted by atomic mass is 10.2. The number of unbranched alkanes of at least 4 members (excludes halogenated alkanes) is 2. The molecular weight excluding hydrogens is 222 g/mol. The van der Waals surface area contributed by atoms with Gasteiger partial charge in [-0.15, -0.1) is 5.10 Å². The molecule has 6 heteroatoms. The van der Waals surface area contributed by atoms with Crippen LogP contribution in [0.1, 0.15) is 32.0 Å². The Bertz CT molecular complexity index is 276. The Balaban J connectivity index is 2.22. The average Bonchev–Trinajstić information content (AvgIpc) is 2.74. The molecule has 1 N–H and O–H groups in total. The summed E-state index contributed by atoms with van der Waals surface area (Å²) < 4.78 is 1.90. The zero-order valence-corrected chi connectivity index (χ0v) is 11.0. The van der Waals surface area contributed by atoms with E-state index in [0.29, 0.717) is 0 Å². The molecular formula is C10H21N5S. The van der Waals surface area contributed by atoms with E-state index < -0.39 is 0 Å². The van der Waals surface area contributed by atoms with E-state index in [1.807, 2.05) is 16.4 Å². The molecule has 0 fully saturated rings. The number of aromatic nitrogens is 4. The topological polar surface area (TPSA) is 55.6 Å². The first-order valence-corrected chi connectivity index (χ1v) is 7.22. The van der Waals surface area contributed by atoms with Crippen molar-refractivity contribution >= 4 is 11.8 Å². The van der Waals surface area contributed by atoms with Gasteiger partial charge < -0.3 is 5.32 Å². The van der Waals surface area contributed by atoms with E-state index >= 15 is 0 Å². The van der Waals surface area contributed by atoms with Gasteiger partial charge in [-0.05, 0) is 41.8 Å². The van der Waals surface area contributed by atoms with Crippen molar-refractivity contribution in [1.29, 1.82) is 0 Å². The fraction of sp³-hybridized carbons (Fsp3) is 0.900. The van der Waals surface area contributed by atoms with Gasteiger partial charge in [-0.25, -0.2) is 4.68 Å². The van der Waals surface area contributed by atoms with Crippen molar-refractivity contribution in [2.45, 2.75) is 39.3 Å². The molecule has 0 spiro atoms. The van der Waals surface area contributed by atoms with Crippen molar-refractivity contribution in [3.8, 4) is 0 Å². The fourth-order valence-corrected chi connectivity index (χ4v) is 1.94. The third kappa shape index (κ3) is 4.94. The maximum absolute atomic E-state index is 4.00. The van der Waals surface area contributed by atoms with E-state index in [1.54, 1.807) is 0 Å². The average molecular weight is 243 g/mol. The second-order valence-corrected chi connectivity index (χ2v) is 4.64. The van der Waals surface area contributed by atoms with Gasteiger partial charge in [0.1, 0.15) is 0 Å². The van der Waals surface area contributed by atoms with Crippen LogP contribution in [0.15, 0.2) is 0 Å². The van der Waals surface area contributed by atoms with E-state index in [9.17, 15) is 0 Å². The zero-order valence-electron chi connectivity index (χ0n) is 10.1. The number of rotatable bonds is 9. The van der Waals surface area contributed by atoms with Crippen molar-refractivity contribution in [3.63, 3.8) is 0 Å². The summed E-state index contributed by atoms with van der Waals surface area (Å²) in [6.45, 7) is 4.72. The summed E-state index contributed by atoms with van der Waals surface area (Å²) in [5.41, 5.74) is 0. The summed E-state index contributed by atoms with van der Waals surface area (Å²) in [6, 6.07) is 0. The monoisotopic (exact) mass is 243 g/mol. The number of nitrogens with zero attached hydrogens (tertiary/aromatic N) is 4. The summed E-state index contributed by atoms with van der Waals surface area (Å²) >= 11 is 1.91. The summed E-state index contributed by atoms with van der Waals surface area (Å²) in [7, 11) is 0. The Labute approximate surface area is 101 Å². The molecule has 16 heavy (non-hydrogen) atoms. The van der Waals surface area contributed by atoms with Crippen molar-refractivity contribution in [1.82, 2.24) is 25.5 Å². The highest BCUT2D eigenvalue weighted by molar-refractivity contribution is 7.98. The second kappa shape index (κ2) is 8.52. The van der Waals surface area contributed by atoms with Gasteiger partial charge in [0, 0.05) is 6.54 Å². The summed E-state index contributed by atoms with van der Waals surface area (Å²) in [6.07, 6.45) is 5.84. The molecule has 0 saturated heterocycles. The molecule has 0 amide bonds. The lowest BCUT2D eigenvalue weighted by Gasteiger charge is -2.04. The van der Waals surface area contributed by atoms with Crippen LogP contribution in [0.4, 0.5) is 0 Å². The Morgan fingerprint density at radius 2 is 2.19 bits per heavy atom. The molecule has 0 radical (unpaired) electrons. The maximum Gasteiger partial charge on any atom is 0.165 e. The van der Waals surface area contributed by atoms with Crippen LogP contribution in [0.3, 0.4) is 0 Å². The molecule has 1 aromatic heterocycles. The number of nitrogens with one attached hydrogen (secondary N) is 1. The zero-order chi connectivity index (χ0) is 11.6. The van der Waals surface area contributed by atoms with E-state index in [2.05, 4.69) is 34.0 Å². The maximum atomic E-state index is 4.00. The van der Waals surface area contributed by atoms with E-state index in [1.165, 1.54) is 18.6 Å². The number of tetrazole rings is 1. The molecule has 1 aromatic rings. The molecule has 0 aliphatic heterocycles. The number of hydrogen-bond donors (Lipinski definition) is 1. The Hall–Kier alpha value is -0.620. The Morgan fingerprint density at radius 3 is 2.94 bits per heavy atom. The third-order valence-corrected chi connectivity index (χ3v) is 3.05. The number of thioether (sulfide) groups is 1. The minimum atomic E-state index is 0.758. The predicted molar refractivity (Wildman–Crippen MR) is 67.4 cm³/mol. The summed E-state index contributed by atoms with van der Waals surface area (Å²) in [4.78, 5) is 0. The molecule has 0 unspecified atom stereocenters. The highest BCUT2D eigenvalue weighted by Gasteiger charge is 2.03. The lowest BCUT2D eigenvalue weighted by molar-refractivity contribution is 0.510. The van der Waals surface area contributed by atoms with Crippen LogP contribution >= 0.6 is 11.8 Å². The first-order valence-electron chi connectivity index (χ1n) is 5.83. The SMILES string of the molecule is CCNCc1nnnn1CCCCCSC. The van der Waals surface area contributed by atoms with Gasteiger partial charge in [0.2, 0.25) is 0 Å². The van der Waals surface area contributed by atoms with Crippen molar-refractivity contribution in [3.05, 3.63) is 5.82 Å². The molecule has 5 nitrogen and oxygen atoms in total. The van der Waals surface area contributed by atoms with Gasteiger partial charge >= 0.3 is 0 Å². The number of hydrogen-bond acceptors (Lipinski definition) is 5. The highest BCUT2D eigenvalue weighted by atomic mass is 32.2. The van der Waals surface area contributed by atoms with Crippen LogP contribution < -0.4 is 5.32 Å². The quantitative estimate of drug-likeness (QED) is 0.663. The van der Waals surface area contributed by atoms with Gasteiger partial charge in [-0.3, -0.25) is 0 Å². The Kier molecular flexibility index (Phi) is 7.16. The lowest BCUT2D eigenvalue weighted by Crippen LogP contribution is -2.17. The van der Waals surface area contributed by atoms with Crippen molar-refractivity contribution in [2.24, 2.45) is 0 Å². The fourth-order valence-electron chi connectivity index (χ4n) is 1.45. The smallest absolute Gasteiger partial charge is 0.165 e. The van der Waals surface area contributed by atoms with Crippen LogP contribution in [-0.2, 0) is 13.1 Å². The van der Waals surface area contributed by atoms with Gasteiger partial charge in [-0.2, -0.15) is 11.8 Å². The summed E-state index contributed by atoms with van der Waals surface area (Å²) in [5.74, 6) is 2.19. The van der Waals surface area contributed by atoms with Crippen LogP contribution in [0, 0.1) is 0 Å². The molecule has 0 saturated carbocycles. The first kappa shape index (κ1) is 13.4. The normalized spacial score (nSPS) is 10.9. The minimum absolute atomic E-state index is 0.758. The van der Waals surface area contributed by atoms with E-state index in [-0.39, 0.29) is 0 Å². The van der Waals surface area contributed by atoms with Gasteiger partial charge in [-0.1, -0.05) is 13.3 Å². The summed E-state index contributed by atoms with van der Waals surface area (Å²) in [5, 5.41) is 14.9. The van der Waals surface area contributed by atoms with Crippen molar-refractivity contribution in [2.75, 3.05) is 18.6 Å². The Morgan fingerprint density at radius 1 is 1.31 bits per heavy atom. The van der Waals surface area contributed by atoms with Crippen LogP contribution in [0.2, 0.25) is 0 Å². The minimum Gasteiger partial charge on any atom is -0.310 e. The highest BCUT2D eigenvalue weighted by Crippen LogP contribution is 2.04. The molecule has 1 heterocycles. The van der Waals surface area contributed by atoms with Crippen LogP contribution in [-0.4, -0.2) is 38.8 Å². The van der Waals surface area contributed by atoms with E-state index in [0.717, 1.165) is 31.9 Å². The second-order valence-electron chi connectivity index (χ2n) is 3.65. The van der Waals surface area contributed by atoms with Crippen LogP contribution in [0.5, 0.6) is 0 Å². The molecule has 0 aromatic carbocycles. The third-order valence-electron chi connectivity index (χ3n) is 2.36. The first-order chi connectivity index (χ1) is 7.88. The van der Waals surface area contributed by atoms with E-state index in [4.69, 9.17) is 0 Å². The molecule has 0 aliphatic rings. The molecule has 0 atom stereocenters. The number of aryl methyl sites for hydroxylation is 1. The molecule has 1 rings (SSSR count).